The molecule has 486 valence electrons. The summed E-state index contributed by atoms with van der Waals surface area (Å²) >= 11 is 0. The highest BCUT2D eigenvalue weighted by Crippen LogP contribution is 2.43. The zero-order chi connectivity index (χ0) is 61.4. The van der Waals surface area contributed by atoms with Crippen LogP contribution < -0.4 is 5.32 Å². The lowest BCUT2D eigenvalue weighted by Gasteiger charge is -2.27. The van der Waals surface area contributed by atoms with E-state index in [1.807, 2.05) is 33.3 Å². The molecule has 9 nitrogen and oxygen atoms in total. The van der Waals surface area contributed by atoms with Gasteiger partial charge in [0.25, 0.3) is 0 Å². The molecule has 0 heterocycles. The molecule has 84 heavy (non-hydrogen) atoms. The Morgan fingerprint density at radius 2 is 0.726 bits per heavy atom. The number of ether oxygens (including phenoxy) is 1. The molecule has 10 heteroatoms. The van der Waals surface area contributed by atoms with Crippen molar-refractivity contribution in [2.45, 2.75) is 322 Å². The van der Waals surface area contributed by atoms with Crippen LogP contribution in [0.5, 0.6) is 0 Å². The zero-order valence-electron chi connectivity index (χ0n) is 55.6. The molecule has 0 saturated heterocycles. The van der Waals surface area contributed by atoms with E-state index in [1.165, 1.54) is 173 Å². The Bertz CT molecular complexity index is 1760. The van der Waals surface area contributed by atoms with Crippen molar-refractivity contribution in [3.05, 3.63) is 97.2 Å². The maximum absolute atomic E-state index is 13.6. The molecule has 0 aromatic carbocycles. The second-order valence-electron chi connectivity index (χ2n) is 24.7. The molecule has 0 saturated carbocycles. The number of carbonyl (C=O) groups excluding carboxylic acids is 2. The number of rotatable bonds is 63. The van der Waals surface area contributed by atoms with E-state index in [0.29, 0.717) is 17.4 Å². The molecular weight excluding hydrogens is 1060 g/mol. The lowest BCUT2D eigenvalue weighted by atomic mass is 10.0. The average molecular weight is 1190 g/mol. The fourth-order valence-corrected chi connectivity index (χ4v) is 10.5. The minimum Gasteiger partial charge on any atom is -0.456 e. The quantitative estimate of drug-likeness (QED) is 0.0205. The van der Waals surface area contributed by atoms with Crippen LogP contribution in [0.2, 0.25) is 0 Å². The van der Waals surface area contributed by atoms with Crippen molar-refractivity contribution in [3.63, 3.8) is 0 Å². The van der Waals surface area contributed by atoms with E-state index in [2.05, 4.69) is 111 Å². The molecule has 0 aromatic heterocycles. The van der Waals surface area contributed by atoms with Crippen molar-refractivity contribution in [2.75, 3.05) is 40.9 Å². The van der Waals surface area contributed by atoms with Gasteiger partial charge in [-0.05, 0) is 115 Å². The molecule has 0 rings (SSSR count). The number of allylic oxidation sites excluding steroid dienone is 15. The number of nitrogens with zero attached hydrogens (tertiary/aromatic N) is 1. The molecule has 0 fully saturated rings. The molecule has 1 amide bonds. The van der Waals surface area contributed by atoms with Crippen LogP contribution in [0.3, 0.4) is 0 Å². The van der Waals surface area contributed by atoms with Gasteiger partial charge in [0, 0.05) is 12.8 Å². The summed E-state index contributed by atoms with van der Waals surface area (Å²) in [5.41, 5.74) is 0. The van der Waals surface area contributed by atoms with Crippen molar-refractivity contribution in [3.8, 4) is 0 Å². The lowest BCUT2D eigenvalue weighted by molar-refractivity contribution is -0.870. The Hall–Kier alpha value is -3.07. The number of hydrogen-bond donors (Lipinski definition) is 2. The lowest BCUT2D eigenvalue weighted by Crippen LogP contribution is -2.47. The van der Waals surface area contributed by atoms with Gasteiger partial charge in [0.1, 0.15) is 19.3 Å². The molecule has 0 aromatic rings. The fourth-order valence-electron chi connectivity index (χ4n) is 9.81. The van der Waals surface area contributed by atoms with Gasteiger partial charge in [0.2, 0.25) is 5.91 Å². The Kier molecular flexibility index (Phi) is 60.7. The third-order valence-corrected chi connectivity index (χ3v) is 16.2. The van der Waals surface area contributed by atoms with E-state index in [4.69, 9.17) is 13.8 Å². The van der Waals surface area contributed by atoms with Gasteiger partial charge in [-0.25, -0.2) is 4.57 Å². The number of carbonyl (C=O) groups is 2. The van der Waals surface area contributed by atoms with Gasteiger partial charge in [-0.3, -0.25) is 18.6 Å². The van der Waals surface area contributed by atoms with E-state index in [-0.39, 0.29) is 31.5 Å². The van der Waals surface area contributed by atoms with Gasteiger partial charge < -0.3 is 19.4 Å². The predicted molar refractivity (Wildman–Crippen MR) is 364 cm³/mol. The van der Waals surface area contributed by atoms with Gasteiger partial charge in [-0.15, -0.1) is 0 Å². The van der Waals surface area contributed by atoms with Crippen LogP contribution in [0.4, 0.5) is 0 Å². The largest absolute Gasteiger partial charge is 0.472 e. The van der Waals surface area contributed by atoms with Crippen LogP contribution in [0, 0.1) is 0 Å². The first-order valence-electron chi connectivity index (χ1n) is 35.1. The van der Waals surface area contributed by atoms with Crippen molar-refractivity contribution in [2.24, 2.45) is 0 Å². The maximum Gasteiger partial charge on any atom is 0.472 e. The monoisotopic (exact) mass is 1190 g/mol. The molecule has 0 radical (unpaired) electrons. The standard InChI is InChI=1S/C74H133N2O7P/c1-7-10-13-16-19-22-25-28-30-32-34-36-38-40-42-44-46-48-51-54-57-60-63-66-73(77)75-71(70-82-84(79,80)81-69-68-76(4,5)6)72(65-62-59-56-53-50-27-24-21-18-15-12-9-3)83-74(78)67-64-61-58-55-52-49-47-45-43-41-39-37-35-33-31-29-26-23-20-17-14-11-8-2/h19-20,22-23,28-31,34-37,40,42,62,65,71-72H,7-18,21,24-27,32-33,38-39,41,43-61,63-64,66-70H2,1-6H3,(H-,75,77,79,80)/p+1/b22-19-,23-20-,30-28-,31-29-,36-34-,37-35-,42-40-,65-62+. The Balaban J connectivity index is 5.14. The molecular formula is C74H134N2O7P+. The molecule has 0 aliphatic heterocycles. The number of quaternary nitrogens is 1. The summed E-state index contributed by atoms with van der Waals surface area (Å²) in [4.78, 5) is 37.9. The number of nitrogens with one attached hydrogen (secondary N) is 1. The molecule has 0 spiro atoms. The summed E-state index contributed by atoms with van der Waals surface area (Å²) < 4.78 is 30.8. The number of hydrogen-bond acceptors (Lipinski definition) is 6. The number of phosphoric acid groups is 1. The Labute approximate surface area is 519 Å². The first kappa shape index (κ1) is 80.9. The average Bonchev–Trinajstić information content (AvgIpc) is 3.64. The second kappa shape index (κ2) is 63.0. The van der Waals surface area contributed by atoms with E-state index < -0.39 is 20.0 Å². The minimum absolute atomic E-state index is 0.0334. The normalized spacial score (nSPS) is 14.1. The van der Waals surface area contributed by atoms with Crippen molar-refractivity contribution >= 4 is 19.7 Å². The summed E-state index contributed by atoms with van der Waals surface area (Å²) in [6.07, 6.45) is 85.5. The third-order valence-electron chi connectivity index (χ3n) is 15.2. The van der Waals surface area contributed by atoms with Gasteiger partial charge in [0.15, 0.2) is 0 Å². The van der Waals surface area contributed by atoms with Gasteiger partial charge in [-0.1, -0.05) is 279 Å². The van der Waals surface area contributed by atoms with Gasteiger partial charge in [-0.2, -0.15) is 0 Å². The van der Waals surface area contributed by atoms with Crippen molar-refractivity contribution in [1.82, 2.24) is 5.32 Å². The number of amides is 1. The maximum atomic E-state index is 13.6. The predicted octanol–water partition coefficient (Wildman–Crippen LogP) is 22.3. The highest BCUT2D eigenvalue weighted by Gasteiger charge is 2.30. The summed E-state index contributed by atoms with van der Waals surface area (Å²) in [6, 6.07) is -0.862. The SMILES string of the molecule is CCCCC/C=C\C/C=C\C/C=C\C/C=C\CCCCCCCCCC(=O)NC(COP(=O)(O)OCC[N+](C)(C)C)C(/C=C/CCCCCCCCCCCC)OC(=O)CCCCCCCCCCCC/C=C\C/C=C\C/C=C\CCCCC. The van der Waals surface area contributed by atoms with E-state index in [9.17, 15) is 19.0 Å². The van der Waals surface area contributed by atoms with Crippen LogP contribution in [0.1, 0.15) is 310 Å². The molecule has 0 aliphatic rings. The smallest absolute Gasteiger partial charge is 0.456 e. The van der Waals surface area contributed by atoms with E-state index >= 15 is 0 Å². The molecule has 3 atom stereocenters. The van der Waals surface area contributed by atoms with Gasteiger partial charge in [0.05, 0.1) is 33.8 Å². The molecule has 3 unspecified atom stereocenters. The first-order valence-corrected chi connectivity index (χ1v) is 36.6. The zero-order valence-corrected chi connectivity index (χ0v) is 56.5. The van der Waals surface area contributed by atoms with E-state index in [0.717, 1.165) is 103 Å². The topological polar surface area (TPSA) is 111 Å². The Morgan fingerprint density at radius 3 is 1.11 bits per heavy atom. The van der Waals surface area contributed by atoms with Gasteiger partial charge >= 0.3 is 13.8 Å². The molecule has 0 bridgehead atoms. The molecule has 2 N–H and O–H groups in total. The van der Waals surface area contributed by atoms with Crippen LogP contribution in [0.15, 0.2) is 97.2 Å². The summed E-state index contributed by atoms with van der Waals surface area (Å²) in [5.74, 6) is -0.519. The van der Waals surface area contributed by atoms with Crippen LogP contribution in [0.25, 0.3) is 0 Å². The molecule has 0 aliphatic carbocycles. The fraction of sp³-hybridized carbons (Fsp3) is 0.757. The summed E-state index contributed by atoms with van der Waals surface area (Å²) in [6.45, 7) is 6.96. The van der Waals surface area contributed by atoms with Crippen LogP contribution >= 0.6 is 7.82 Å². The number of unbranched alkanes of at least 4 members (excludes halogenated alkanes) is 33. The Morgan fingerprint density at radius 1 is 0.417 bits per heavy atom. The van der Waals surface area contributed by atoms with E-state index in [1.54, 1.807) is 0 Å². The van der Waals surface area contributed by atoms with Crippen molar-refractivity contribution in [1.29, 1.82) is 0 Å². The van der Waals surface area contributed by atoms with Crippen LogP contribution in [-0.2, 0) is 27.9 Å². The highest BCUT2D eigenvalue weighted by atomic mass is 31.2. The minimum atomic E-state index is -4.46. The second-order valence-corrected chi connectivity index (χ2v) is 26.1. The van der Waals surface area contributed by atoms with Crippen LogP contribution in [-0.4, -0.2) is 74.3 Å². The number of esters is 1. The third kappa shape index (κ3) is 63.4. The number of phosphoric ester groups is 1. The summed E-state index contributed by atoms with van der Waals surface area (Å²) in [7, 11) is 1.48. The van der Waals surface area contributed by atoms with Crippen molar-refractivity contribution < 1.29 is 37.3 Å². The number of likely N-dealkylation sites (N-methyl/N-ethyl adjacent to an activating group) is 1. The first-order chi connectivity index (χ1) is 40.9. The summed E-state index contributed by atoms with van der Waals surface area (Å²) in [5, 5.41) is 3.06. The highest BCUT2D eigenvalue weighted by molar-refractivity contribution is 7.47.